The molecule has 2 amide bonds. The summed E-state index contributed by atoms with van der Waals surface area (Å²) in [5.41, 5.74) is 4.66. The van der Waals surface area contributed by atoms with Crippen molar-refractivity contribution in [3.8, 4) is 0 Å². The Labute approximate surface area is 144 Å². The first-order chi connectivity index (χ1) is 11.6. The summed E-state index contributed by atoms with van der Waals surface area (Å²) in [5, 5.41) is 0. The number of carbonyl (C=O) groups excluding carboxylic acids is 3. The van der Waals surface area contributed by atoms with E-state index in [1.807, 2.05) is 12.1 Å². The van der Waals surface area contributed by atoms with Gasteiger partial charge in [0.25, 0.3) is 5.91 Å². The lowest BCUT2D eigenvalue weighted by atomic mass is 10.2. The van der Waals surface area contributed by atoms with Gasteiger partial charge in [0.15, 0.2) is 6.61 Å². The molecule has 0 bridgehead atoms. The minimum atomic E-state index is -0.608. The van der Waals surface area contributed by atoms with Gasteiger partial charge in [-0.25, -0.2) is 4.79 Å². The van der Waals surface area contributed by atoms with Gasteiger partial charge in [-0.15, -0.1) is 11.8 Å². The van der Waals surface area contributed by atoms with Crippen molar-refractivity contribution in [3.05, 3.63) is 29.8 Å². The molecule has 2 rings (SSSR count). The van der Waals surface area contributed by atoms with Crippen molar-refractivity contribution in [2.45, 2.75) is 30.8 Å². The molecule has 1 aliphatic rings. The molecule has 1 fully saturated rings. The topological polar surface area (TPSA) is 93.7 Å². The lowest BCUT2D eigenvalue weighted by Crippen LogP contribution is -2.42. The second-order valence-corrected chi connectivity index (χ2v) is 6.31. The second kappa shape index (κ2) is 9.29. The SMILES string of the molecule is CC(=O)NNC(=O)COC(=O)c1ccccc1SC[C@@H]1CCCO1. The van der Waals surface area contributed by atoms with E-state index in [0.717, 1.165) is 30.1 Å². The summed E-state index contributed by atoms with van der Waals surface area (Å²) in [6.45, 7) is 1.58. The van der Waals surface area contributed by atoms with Crippen molar-refractivity contribution >= 4 is 29.5 Å². The largest absolute Gasteiger partial charge is 0.452 e. The highest BCUT2D eigenvalue weighted by Gasteiger charge is 2.19. The molecule has 130 valence electrons. The predicted octanol–water partition coefficient (Wildman–Crippen LogP) is 1.28. The number of thioether (sulfide) groups is 1. The molecule has 1 aliphatic heterocycles. The quantitative estimate of drug-likeness (QED) is 0.455. The molecule has 0 radical (unpaired) electrons. The van der Waals surface area contributed by atoms with Crippen LogP contribution in [0.1, 0.15) is 30.1 Å². The third-order valence-electron chi connectivity index (χ3n) is 3.27. The van der Waals surface area contributed by atoms with Gasteiger partial charge < -0.3 is 9.47 Å². The fourth-order valence-corrected chi connectivity index (χ4v) is 3.23. The number of carbonyl (C=O) groups is 3. The average Bonchev–Trinajstić information content (AvgIpc) is 3.09. The molecule has 0 aliphatic carbocycles. The Hall–Kier alpha value is -2.06. The molecule has 0 aromatic heterocycles. The molecule has 1 saturated heterocycles. The van der Waals surface area contributed by atoms with Crippen LogP contribution in [0.3, 0.4) is 0 Å². The highest BCUT2D eigenvalue weighted by atomic mass is 32.2. The molecular weight excluding hydrogens is 332 g/mol. The third-order valence-corrected chi connectivity index (χ3v) is 4.47. The number of hydrogen-bond donors (Lipinski definition) is 2. The zero-order valence-corrected chi connectivity index (χ0v) is 14.2. The van der Waals surface area contributed by atoms with Crippen molar-refractivity contribution in [1.29, 1.82) is 0 Å². The van der Waals surface area contributed by atoms with Crippen molar-refractivity contribution in [3.63, 3.8) is 0 Å². The smallest absolute Gasteiger partial charge is 0.339 e. The minimum absolute atomic E-state index is 0.211. The van der Waals surface area contributed by atoms with Crippen LogP contribution in [-0.2, 0) is 19.1 Å². The van der Waals surface area contributed by atoms with Gasteiger partial charge in [0.05, 0.1) is 11.7 Å². The summed E-state index contributed by atoms with van der Waals surface area (Å²) in [6.07, 6.45) is 2.31. The first kappa shape index (κ1) is 18.3. The van der Waals surface area contributed by atoms with Gasteiger partial charge in [-0.05, 0) is 25.0 Å². The fourth-order valence-electron chi connectivity index (χ4n) is 2.12. The maximum atomic E-state index is 12.2. The third kappa shape index (κ3) is 5.86. The Bertz CT molecular complexity index is 602. The summed E-state index contributed by atoms with van der Waals surface area (Å²) in [4.78, 5) is 35.1. The van der Waals surface area contributed by atoms with Crippen molar-refractivity contribution in [1.82, 2.24) is 10.9 Å². The molecule has 1 heterocycles. The van der Waals surface area contributed by atoms with Crippen molar-refractivity contribution < 1.29 is 23.9 Å². The molecule has 1 aromatic carbocycles. The van der Waals surface area contributed by atoms with E-state index < -0.39 is 24.4 Å². The lowest BCUT2D eigenvalue weighted by Gasteiger charge is -2.12. The Balaban J connectivity index is 1.86. The number of nitrogens with one attached hydrogen (secondary N) is 2. The maximum Gasteiger partial charge on any atom is 0.339 e. The molecule has 0 unspecified atom stereocenters. The van der Waals surface area contributed by atoms with E-state index in [-0.39, 0.29) is 6.10 Å². The van der Waals surface area contributed by atoms with Gasteiger partial charge in [0.2, 0.25) is 5.91 Å². The highest BCUT2D eigenvalue weighted by molar-refractivity contribution is 7.99. The van der Waals surface area contributed by atoms with E-state index >= 15 is 0 Å². The molecule has 1 atom stereocenters. The minimum Gasteiger partial charge on any atom is -0.452 e. The van der Waals surface area contributed by atoms with E-state index in [1.54, 1.807) is 12.1 Å². The number of ether oxygens (including phenoxy) is 2. The standard InChI is InChI=1S/C16H20N2O5S/c1-11(19)17-18-15(20)9-23-16(21)13-6-2-3-7-14(13)24-10-12-5-4-8-22-12/h2-3,6-7,12H,4-5,8-10H2,1H3,(H,17,19)(H,18,20)/t12-/m0/s1. The van der Waals surface area contributed by atoms with Crippen LogP contribution >= 0.6 is 11.8 Å². The zero-order valence-electron chi connectivity index (χ0n) is 13.4. The van der Waals surface area contributed by atoms with Crippen molar-refractivity contribution in [2.24, 2.45) is 0 Å². The van der Waals surface area contributed by atoms with Crippen LogP contribution in [0, 0.1) is 0 Å². The molecular formula is C16H20N2O5S. The van der Waals surface area contributed by atoms with Crippen LogP contribution in [-0.4, -0.2) is 42.9 Å². The Morgan fingerprint density at radius 1 is 1.29 bits per heavy atom. The lowest BCUT2D eigenvalue weighted by molar-refractivity contribution is -0.129. The summed E-state index contributed by atoms with van der Waals surface area (Å²) < 4.78 is 10.6. The van der Waals surface area contributed by atoms with Crippen LogP contribution in [0.5, 0.6) is 0 Å². The molecule has 0 spiro atoms. The van der Waals surface area contributed by atoms with Crippen LogP contribution in [0.25, 0.3) is 0 Å². The van der Waals surface area contributed by atoms with E-state index in [9.17, 15) is 14.4 Å². The first-order valence-electron chi connectivity index (χ1n) is 7.62. The van der Waals surface area contributed by atoms with Gasteiger partial charge in [0, 0.05) is 24.2 Å². The van der Waals surface area contributed by atoms with Gasteiger partial charge in [-0.1, -0.05) is 12.1 Å². The van der Waals surface area contributed by atoms with Gasteiger partial charge in [-0.2, -0.15) is 0 Å². The van der Waals surface area contributed by atoms with E-state index in [2.05, 4.69) is 10.9 Å². The van der Waals surface area contributed by atoms with E-state index in [0.29, 0.717) is 5.56 Å². The molecule has 1 aromatic rings. The predicted molar refractivity (Wildman–Crippen MR) is 88.4 cm³/mol. The number of amides is 2. The van der Waals surface area contributed by atoms with E-state index in [4.69, 9.17) is 9.47 Å². The number of benzene rings is 1. The fraction of sp³-hybridized carbons (Fsp3) is 0.438. The summed E-state index contributed by atoms with van der Waals surface area (Å²) >= 11 is 1.54. The zero-order chi connectivity index (χ0) is 17.4. The van der Waals surface area contributed by atoms with Crippen LogP contribution < -0.4 is 10.9 Å². The Kier molecular flexibility index (Phi) is 7.07. The van der Waals surface area contributed by atoms with Crippen molar-refractivity contribution in [2.75, 3.05) is 19.0 Å². The van der Waals surface area contributed by atoms with Crippen LogP contribution in [0.15, 0.2) is 29.2 Å². The molecule has 24 heavy (non-hydrogen) atoms. The van der Waals surface area contributed by atoms with Gasteiger partial charge in [-0.3, -0.25) is 20.4 Å². The maximum absolute atomic E-state index is 12.2. The second-order valence-electron chi connectivity index (χ2n) is 5.25. The molecule has 8 heteroatoms. The normalized spacial score (nSPS) is 16.5. The summed E-state index contributed by atoms with van der Waals surface area (Å²) in [5.74, 6) is -0.829. The Morgan fingerprint density at radius 2 is 2.08 bits per heavy atom. The monoisotopic (exact) mass is 352 g/mol. The highest BCUT2D eigenvalue weighted by Crippen LogP contribution is 2.27. The Morgan fingerprint density at radius 3 is 2.79 bits per heavy atom. The van der Waals surface area contributed by atoms with Crippen LogP contribution in [0.2, 0.25) is 0 Å². The van der Waals surface area contributed by atoms with Gasteiger partial charge >= 0.3 is 5.97 Å². The molecule has 2 N–H and O–H groups in total. The summed E-state index contributed by atoms with van der Waals surface area (Å²) in [7, 11) is 0. The van der Waals surface area contributed by atoms with Crippen LogP contribution in [0.4, 0.5) is 0 Å². The van der Waals surface area contributed by atoms with Gasteiger partial charge in [0.1, 0.15) is 0 Å². The first-order valence-corrected chi connectivity index (χ1v) is 8.61. The number of hydrogen-bond acceptors (Lipinski definition) is 6. The molecule has 0 saturated carbocycles. The average molecular weight is 352 g/mol. The van der Waals surface area contributed by atoms with E-state index in [1.165, 1.54) is 18.7 Å². The summed E-state index contributed by atoms with van der Waals surface area (Å²) in [6, 6.07) is 7.09. The number of esters is 1. The number of hydrazine groups is 1. The molecule has 7 nitrogen and oxygen atoms in total. The number of rotatable bonds is 6.